The van der Waals surface area contributed by atoms with E-state index in [2.05, 4.69) is 21.4 Å². The molecule has 2 heterocycles. The lowest BCUT2D eigenvalue weighted by Crippen LogP contribution is -2.11. The van der Waals surface area contributed by atoms with Crippen LogP contribution in [0.1, 0.15) is 17.8 Å². The molecule has 1 aromatic carbocycles. The van der Waals surface area contributed by atoms with Gasteiger partial charge in [-0.15, -0.1) is 0 Å². The monoisotopic (exact) mass is 252 g/mol. The van der Waals surface area contributed by atoms with Gasteiger partial charge in [0.2, 0.25) is 0 Å². The number of H-pyrrole nitrogens is 1. The zero-order chi connectivity index (χ0) is 13.1. The van der Waals surface area contributed by atoms with Crippen LogP contribution in [0.4, 0.5) is 0 Å². The van der Waals surface area contributed by atoms with Gasteiger partial charge in [-0.3, -0.25) is 0 Å². The summed E-state index contributed by atoms with van der Waals surface area (Å²) in [7, 11) is 0. The highest BCUT2D eigenvalue weighted by Crippen LogP contribution is 2.20. The van der Waals surface area contributed by atoms with Gasteiger partial charge in [0.05, 0.1) is 23.5 Å². The van der Waals surface area contributed by atoms with E-state index in [0.717, 1.165) is 36.6 Å². The maximum Gasteiger partial charge on any atom is 0.106 e. The van der Waals surface area contributed by atoms with Crippen LogP contribution in [0.5, 0.6) is 0 Å². The first-order valence-electron chi connectivity index (χ1n) is 6.60. The molecule has 1 atom stereocenters. The Bertz CT molecular complexity index is 603. The van der Waals surface area contributed by atoms with Crippen molar-refractivity contribution >= 4 is 0 Å². The van der Waals surface area contributed by atoms with E-state index in [1.165, 1.54) is 6.42 Å². The van der Waals surface area contributed by atoms with Gasteiger partial charge in [-0.2, -0.15) is 5.26 Å². The Morgan fingerprint density at radius 3 is 3.16 bits per heavy atom. The lowest BCUT2D eigenvalue weighted by Gasteiger charge is -2.04. The average molecular weight is 252 g/mol. The summed E-state index contributed by atoms with van der Waals surface area (Å²) in [5.74, 6) is 1.72. The van der Waals surface area contributed by atoms with E-state index in [1.54, 1.807) is 0 Å². The smallest absolute Gasteiger partial charge is 0.106 e. The van der Waals surface area contributed by atoms with Crippen molar-refractivity contribution in [1.29, 1.82) is 5.26 Å². The number of aromatic nitrogens is 2. The predicted molar refractivity (Wildman–Crippen MR) is 73.4 cm³/mol. The summed E-state index contributed by atoms with van der Waals surface area (Å²) in [6.45, 7) is 2.20. The van der Waals surface area contributed by atoms with Crippen molar-refractivity contribution < 1.29 is 0 Å². The predicted octanol–water partition coefficient (Wildman–Crippen LogP) is 2.10. The zero-order valence-corrected chi connectivity index (χ0v) is 10.7. The van der Waals surface area contributed by atoms with Gasteiger partial charge in [-0.05, 0) is 37.6 Å². The van der Waals surface area contributed by atoms with Crippen LogP contribution in [0.25, 0.3) is 11.3 Å². The standard InChI is InChI=1S/C15H16N4/c16-8-11-2-1-3-13(6-11)14-10-18-15(19-14)7-12-4-5-17-9-12/h1-3,6,10,12,17H,4-5,7,9H2,(H,18,19). The molecule has 2 aromatic rings. The van der Waals surface area contributed by atoms with Gasteiger partial charge in [0.15, 0.2) is 0 Å². The number of aromatic amines is 1. The number of nitrogens with one attached hydrogen (secondary N) is 2. The highest BCUT2D eigenvalue weighted by Gasteiger charge is 2.16. The van der Waals surface area contributed by atoms with E-state index in [9.17, 15) is 0 Å². The number of nitrogens with zero attached hydrogens (tertiary/aromatic N) is 2. The quantitative estimate of drug-likeness (QED) is 0.879. The molecule has 0 spiro atoms. The molecule has 1 aliphatic rings. The molecule has 1 unspecified atom stereocenters. The van der Waals surface area contributed by atoms with Crippen LogP contribution in [0.3, 0.4) is 0 Å². The summed E-state index contributed by atoms with van der Waals surface area (Å²) in [6, 6.07) is 9.75. The van der Waals surface area contributed by atoms with Crippen LogP contribution >= 0.6 is 0 Å². The van der Waals surface area contributed by atoms with Crippen molar-refractivity contribution in [3.8, 4) is 17.3 Å². The van der Waals surface area contributed by atoms with Gasteiger partial charge in [0.1, 0.15) is 5.82 Å². The molecular formula is C15H16N4. The molecule has 0 bridgehead atoms. The van der Waals surface area contributed by atoms with Gasteiger partial charge in [0.25, 0.3) is 0 Å². The van der Waals surface area contributed by atoms with Crippen molar-refractivity contribution in [3.05, 3.63) is 41.9 Å². The Morgan fingerprint density at radius 2 is 2.37 bits per heavy atom. The van der Waals surface area contributed by atoms with E-state index < -0.39 is 0 Å². The average Bonchev–Trinajstić information content (AvgIpc) is 3.11. The summed E-state index contributed by atoms with van der Waals surface area (Å²) in [5, 5.41) is 12.3. The molecule has 0 saturated carbocycles. The second-order valence-electron chi connectivity index (χ2n) is 5.00. The molecule has 1 saturated heterocycles. The lowest BCUT2D eigenvalue weighted by molar-refractivity contribution is 0.565. The molecule has 1 aromatic heterocycles. The molecule has 3 rings (SSSR count). The minimum absolute atomic E-state index is 0.675. The maximum absolute atomic E-state index is 8.92. The number of hydrogen-bond donors (Lipinski definition) is 2. The number of nitriles is 1. The van der Waals surface area contributed by atoms with Gasteiger partial charge in [-0.25, -0.2) is 4.98 Å². The molecule has 0 radical (unpaired) electrons. The van der Waals surface area contributed by atoms with E-state index in [1.807, 2.05) is 30.5 Å². The van der Waals surface area contributed by atoms with Crippen LogP contribution in [0.2, 0.25) is 0 Å². The summed E-state index contributed by atoms with van der Waals surface area (Å²) in [4.78, 5) is 7.80. The topological polar surface area (TPSA) is 64.5 Å². The second-order valence-corrected chi connectivity index (χ2v) is 5.00. The number of rotatable bonds is 3. The van der Waals surface area contributed by atoms with Gasteiger partial charge in [0, 0.05) is 12.0 Å². The summed E-state index contributed by atoms with van der Waals surface area (Å²) < 4.78 is 0. The van der Waals surface area contributed by atoms with Crippen molar-refractivity contribution in [1.82, 2.24) is 15.3 Å². The van der Waals surface area contributed by atoms with E-state index in [0.29, 0.717) is 11.5 Å². The molecule has 0 amide bonds. The molecule has 1 aliphatic heterocycles. The first-order chi connectivity index (χ1) is 9.35. The van der Waals surface area contributed by atoms with Crippen molar-refractivity contribution in [3.63, 3.8) is 0 Å². The van der Waals surface area contributed by atoms with Crippen LogP contribution in [-0.2, 0) is 6.42 Å². The summed E-state index contributed by atoms with van der Waals surface area (Å²) in [5.41, 5.74) is 2.68. The molecule has 1 fully saturated rings. The van der Waals surface area contributed by atoms with Crippen LogP contribution < -0.4 is 5.32 Å². The number of benzene rings is 1. The molecule has 4 nitrogen and oxygen atoms in total. The SMILES string of the molecule is N#Cc1cccc(-c2cnc(CC3CCNC3)[nH]2)c1. The number of hydrogen-bond acceptors (Lipinski definition) is 3. The molecule has 19 heavy (non-hydrogen) atoms. The maximum atomic E-state index is 8.92. The Balaban J connectivity index is 1.78. The highest BCUT2D eigenvalue weighted by molar-refractivity contribution is 5.60. The van der Waals surface area contributed by atoms with Crippen molar-refractivity contribution in [2.24, 2.45) is 5.92 Å². The number of imidazole rings is 1. The Hall–Kier alpha value is -2.12. The fourth-order valence-electron chi connectivity index (χ4n) is 2.53. The fraction of sp³-hybridized carbons (Fsp3) is 0.333. The largest absolute Gasteiger partial charge is 0.342 e. The Morgan fingerprint density at radius 1 is 1.42 bits per heavy atom. The first-order valence-corrected chi connectivity index (χ1v) is 6.60. The van der Waals surface area contributed by atoms with E-state index in [4.69, 9.17) is 5.26 Å². The molecule has 96 valence electrons. The van der Waals surface area contributed by atoms with Crippen LogP contribution in [0, 0.1) is 17.2 Å². The molecule has 4 heteroatoms. The summed E-state index contributed by atoms with van der Waals surface area (Å²) >= 11 is 0. The Labute approximate surface area is 112 Å². The van der Waals surface area contributed by atoms with Gasteiger partial charge in [-0.1, -0.05) is 12.1 Å². The van der Waals surface area contributed by atoms with E-state index in [-0.39, 0.29) is 0 Å². The van der Waals surface area contributed by atoms with E-state index >= 15 is 0 Å². The van der Waals surface area contributed by atoms with Crippen LogP contribution in [0.15, 0.2) is 30.5 Å². The minimum Gasteiger partial charge on any atom is -0.342 e. The van der Waals surface area contributed by atoms with Crippen LogP contribution in [-0.4, -0.2) is 23.1 Å². The third kappa shape index (κ3) is 2.67. The third-order valence-electron chi connectivity index (χ3n) is 3.58. The normalized spacial score (nSPS) is 18.4. The van der Waals surface area contributed by atoms with Crippen molar-refractivity contribution in [2.45, 2.75) is 12.8 Å². The Kier molecular flexibility index (Phi) is 3.30. The minimum atomic E-state index is 0.675. The highest BCUT2D eigenvalue weighted by atomic mass is 14.9. The van der Waals surface area contributed by atoms with Gasteiger partial charge < -0.3 is 10.3 Å². The molecular weight excluding hydrogens is 236 g/mol. The zero-order valence-electron chi connectivity index (χ0n) is 10.7. The molecule has 2 N–H and O–H groups in total. The third-order valence-corrected chi connectivity index (χ3v) is 3.58. The molecule has 0 aliphatic carbocycles. The van der Waals surface area contributed by atoms with Gasteiger partial charge >= 0.3 is 0 Å². The second kappa shape index (κ2) is 5.25. The van der Waals surface area contributed by atoms with Crippen molar-refractivity contribution in [2.75, 3.05) is 13.1 Å². The summed E-state index contributed by atoms with van der Waals surface area (Å²) in [6.07, 6.45) is 4.07. The fourth-order valence-corrected chi connectivity index (χ4v) is 2.53. The lowest BCUT2D eigenvalue weighted by atomic mass is 10.1. The first kappa shape index (κ1) is 11.9.